The molecule has 0 aliphatic rings. The van der Waals surface area contributed by atoms with E-state index in [0.29, 0.717) is 18.0 Å². The Bertz CT molecular complexity index is 620. The van der Waals surface area contributed by atoms with Gasteiger partial charge in [0.15, 0.2) is 0 Å². The highest BCUT2D eigenvalue weighted by Gasteiger charge is 2.05. The Labute approximate surface area is 139 Å². The van der Waals surface area contributed by atoms with Crippen LogP contribution in [0.5, 0.6) is 5.75 Å². The molecule has 22 heavy (non-hydrogen) atoms. The molecule has 0 aromatic heterocycles. The van der Waals surface area contributed by atoms with Gasteiger partial charge in [0.1, 0.15) is 5.75 Å². The highest BCUT2D eigenvalue weighted by molar-refractivity contribution is 7.99. The van der Waals surface area contributed by atoms with E-state index in [1.54, 1.807) is 31.0 Å². The van der Waals surface area contributed by atoms with E-state index in [1.165, 1.54) is 0 Å². The molecule has 0 unspecified atom stereocenters. The van der Waals surface area contributed by atoms with Gasteiger partial charge in [-0.2, -0.15) is 0 Å². The van der Waals surface area contributed by atoms with Crippen molar-refractivity contribution in [2.75, 3.05) is 24.7 Å². The predicted octanol–water partition coefficient (Wildman–Crippen LogP) is 4.26. The Morgan fingerprint density at radius 2 is 1.91 bits per heavy atom. The number of rotatable bonds is 6. The van der Waals surface area contributed by atoms with Crippen LogP contribution in [0, 0.1) is 0 Å². The van der Waals surface area contributed by atoms with Crippen molar-refractivity contribution in [3.05, 3.63) is 53.6 Å². The summed E-state index contributed by atoms with van der Waals surface area (Å²) in [6, 6.07) is 14.7. The number of thioether (sulfide) groups is 1. The normalized spacial score (nSPS) is 10.1. The number of amides is 2. The van der Waals surface area contributed by atoms with Gasteiger partial charge in [-0.3, -0.25) is 0 Å². The number of anilines is 1. The van der Waals surface area contributed by atoms with Crippen molar-refractivity contribution in [1.82, 2.24) is 5.32 Å². The van der Waals surface area contributed by atoms with Crippen molar-refractivity contribution in [3.63, 3.8) is 0 Å². The topological polar surface area (TPSA) is 50.4 Å². The zero-order valence-electron chi connectivity index (χ0n) is 12.1. The third kappa shape index (κ3) is 5.16. The summed E-state index contributed by atoms with van der Waals surface area (Å²) in [6.45, 7) is 0.564. The number of carbonyl (C=O) groups is 1. The predicted molar refractivity (Wildman–Crippen MR) is 92.2 cm³/mol. The molecule has 0 heterocycles. The zero-order valence-corrected chi connectivity index (χ0v) is 13.7. The van der Waals surface area contributed by atoms with E-state index in [2.05, 4.69) is 10.6 Å². The first-order chi connectivity index (χ1) is 10.7. The molecule has 0 saturated carbocycles. The van der Waals surface area contributed by atoms with Gasteiger partial charge in [-0.05, 0) is 36.4 Å². The molecule has 0 aliphatic carbocycles. The second-order valence-corrected chi connectivity index (χ2v) is 5.99. The van der Waals surface area contributed by atoms with Gasteiger partial charge in [0, 0.05) is 22.2 Å². The molecule has 0 radical (unpaired) electrons. The number of para-hydroxylation sites is 2. The number of ether oxygens (including phenoxy) is 1. The number of benzene rings is 2. The second kappa shape index (κ2) is 8.56. The number of hydrogen-bond donors (Lipinski definition) is 2. The van der Waals surface area contributed by atoms with Crippen molar-refractivity contribution in [2.24, 2.45) is 0 Å². The molecule has 2 rings (SSSR count). The lowest BCUT2D eigenvalue weighted by Gasteiger charge is -2.10. The highest BCUT2D eigenvalue weighted by atomic mass is 35.5. The molecular weight excluding hydrogens is 320 g/mol. The van der Waals surface area contributed by atoms with Gasteiger partial charge in [0.25, 0.3) is 0 Å². The lowest BCUT2D eigenvalue weighted by molar-refractivity contribution is 0.252. The summed E-state index contributed by atoms with van der Waals surface area (Å²) in [5, 5.41) is 6.30. The van der Waals surface area contributed by atoms with Crippen LogP contribution in [-0.4, -0.2) is 25.4 Å². The molecule has 0 fully saturated rings. The molecule has 6 heteroatoms. The SMILES string of the molecule is COc1ccccc1NC(=O)NCCSc1ccc(Cl)cc1. The highest BCUT2D eigenvalue weighted by Crippen LogP contribution is 2.23. The average Bonchev–Trinajstić information content (AvgIpc) is 2.54. The fourth-order valence-corrected chi connectivity index (χ4v) is 2.67. The van der Waals surface area contributed by atoms with Crippen LogP contribution in [0.4, 0.5) is 10.5 Å². The molecule has 2 amide bonds. The summed E-state index contributed by atoms with van der Waals surface area (Å²) in [7, 11) is 1.57. The summed E-state index contributed by atoms with van der Waals surface area (Å²) in [5.74, 6) is 1.41. The molecule has 0 spiro atoms. The van der Waals surface area contributed by atoms with Gasteiger partial charge in [-0.15, -0.1) is 11.8 Å². The van der Waals surface area contributed by atoms with Crippen LogP contribution < -0.4 is 15.4 Å². The number of urea groups is 1. The second-order valence-electron chi connectivity index (χ2n) is 4.38. The number of methoxy groups -OCH3 is 1. The minimum atomic E-state index is -0.249. The van der Waals surface area contributed by atoms with Crippen LogP contribution in [0.15, 0.2) is 53.4 Å². The van der Waals surface area contributed by atoms with Crippen LogP contribution in [0.3, 0.4) is 0 Å². The first-order valence-corrected chi connectivity index (χ1v) is 8.11. The average molecular weight is 337 g/mol. The van der Waals surface area contributed by atoms with E-state index in [9.17, 15) is 4.79 Å². The van der Waals surface area contributed by atoms with Gasteiger partial charge in [0.05, 0.1) is 12.8 Å². The maximum Gasteiger partial charge on any atom is 0.319 e. The minimum absolute atomic E-state index is 0.249. The van der Waals surface area contributed by atoms with E-state index in [-0.39, 0.29) is 6.03 Å². The van der Waals surface area contributed by atoms with Crippen molar-refractivity contribution in [2.45, 2.75) is 4.90 Å². The summed E-state index contributed by atoms with van der Waals surface area (Å²) in [4.78, 5) is 13.0. The van der Waals surface area contributed by atoms with Gasteiger partial charge in [-0.1, -0.05) is 23.7 Å². The largest absolute Gasteiger partial charge is 0.495 e. The Balaban J connectivity index is 1.72. The minimum Gasteiger partial charge on any atom is -0.495 e. The molecule has 0 saturated heterocycles. The quantitative estimate of drug-likeness (QED) is 0.612. The van der Waals surface area contributed by atoms with E-state index in [0.717, 1.165) is 15.7 Å². The summed E-state index contributed by atoms with van der Waals surface area (Å²) in [5.41, 5.74) is 0.646. The molecule has 0 atom stereocenters. The van der Waals surface area contributed by atoms with Crippen LogP contribution in [-0.2, 0) is 0 Å². The van der Waals surface area contributed by atoms with Gasteiger partial charge in [-0.25, -0.2) is 4.79 Å². The lowest BCUT2D eigenvalue weighted by atomic mass is 10.3. The molecule has 4 nitrogen and oxygen atoms in total. The van der Waals surface area contributed by atoms with Gasteiger partial charge >= 0.3 is 6.03 Å². The molecule has 0 aliphatic heterocycles. The molecule has 2 N–H and O–H groups in total. The van der Waals surface area contributed by atoms with E-state index >= 15 is 0 Å². The summed E-state index contributed by atoms with van der Waals surface area (Å²) < 4.78 is 5.18. The van der Waals surface area contributed by atoms with Crippen LogP contribution in [0.1, 0.15) is 0 Å². The van der Waals surface area contributed by atoms with Gasteiger partial charge in [0.2, 0.25) is 0 Å². The number of halogens is 1. The third-order valence-corrected chi connectivity index (χ3v) is 4.09. The van der Waals surface area contributed by atoms with Crippen LogP contribution in [0.2, 0.25) is 5.02 Å². The van der Waals surface area contributed by atoms with E-state index in [1.807, 2.05) is 36.4 Å². The van der Waals surface area contributed by atoms with Crippen molar-refractivity contribution >= 4 is 35.1 Å². The van der Waals surface area contributed by atoms with E-state index < -0.39 is 0 Å². The molecule has 2 aromatic rings. The number of nitrogens with one attached hydrogen (secondary N) is 2. The third-order valence-electron chi connectivity index (χ3n) is 2.83. The first-order valence-electron chi connectivity index (χ1n) is 6.75. The maximum atomic E-state index is 11.8. The molecular formula is C16H17ClN2O2S. The number of hydrogen-bond acceptors (Lipinski definition) is 3. The molecule has 116 valence electrons. The maximum absolute atomic E-state index is 11.8. The van der Waals surface area contributed by atoms with Crippen molar-refractivity contribution in [1.29, 1.82) is 0 Å². The van der Waals surface area contributed by atoms with Crippen molar-refractivity contribution in [3.8, 4) is 5.75 Å². The monoisotopic (exact) mass is 336 g/mol. The van der Waals surface area contributed by atoms with Gasteiger partial charge < -0.3 is 15.4 Å². The molecule has 0 bridgehead atoms. The Morgan fingerprint density at radius 1 is 1.18 bits per heavy atom. The van der Waals surface area contributed by atoms with E-state index in [4.69, 9.17) is 16.3 Å². The zero-order chi connectivity index (χ0) is 15.8. The fraction of sp³-hybridized carbons (Fsp3) is 0.188. The Kier molecular flexibility index (Phi) is 6.43. The first kappa shape index (κ1) is 16.5. The summed E-state index contributed by atoms with van der Waals surface area (Å²) >= 11 is 7.49. The molecule has 2 aromatic carbocycles. The Morgan fingerprint density at radius 3 is 2.64 bits per heavy atom. The Hall–Kier alpha value is -1.85. The van der Waals surface area contributed by atoms with Crippen molar-refractivity contribution < 1.29 is 9.53 Å². The lowest BCUT2D eigenvalue weighted by Crippen LogP contribution is -2.30. The summed E-state index contributed by atoms with van der Waals surface area (Å²) in [6.07, 6.45) is 0. The van der Waals surface area contributed by atoms with Crippen LogP contribution >= 0.6 is 23.4 Å². The van der Waals surface area contributed by atoms with Crippen LogP contribution in [0.25, 0.3) is 0 Å². The standard InChI is InChI=1S/C16H17ClN2O2S/c1-21-15-5-3-2-4-14(15)19-16(20)18-10-11-22-13-8-6-12(17)7-9-13/h2-9H,10-11H2,1H3,(H2,18,19,20). The number of carbonyl (C=O) groups excluding carboxylic acids is 1. The smallest absolute Gasteiger partial charge is 0.319 e. The fourth-order valence-electron chi connectivity index (χ4n) is 1.78.